The average Bonchev–Trinajstić information content (AvgIpc) is 2.75. The molecule has 0 aliphatic heterocycles. The first-order chi connectivity index (χ1) is 16.2. The van der Waals surface area contributed by atoms with Crippen LogP contribution in [0.15, 0.2) is 66.7 Å². The number of phenols is 3. The highest BCUT2D eigenvalue weighted by molar-refractivity contribution is 5.84. The third-order valence-electron chi connectivity index (χ3n) is 5.92. The predicted molar refractivity (Wildman–Crippen MR) is 136 cm³/mol. The van der Waals surface area contributed by atoms with Crippen LogP contribution in [-0.2, 0) is 0 Å². The molecule has 0 saturated heterocycles. The lowest BCUT2D eigenvalue weighted by molar-refractivity contribution is 0.408. The van der Waals surface area contributed by atoms with Gasteiger partial charge in [-0.05, 0) is 117 Å². The third kappa shape index (κ3) is 4.37. The maximum absolute atomic E-state index is 10.3. The first-order valence-electron chi connectivity index (χ1n) is 11.1. The predicted octanol–water partition coefficient (Wildman–Crippen LogP) is 7.61. The molecule has 0 fully saturated rings. The molecular formula is C29H29NO4. The molecular weight excluding hydrogens is 426 g/mol. The summed E-state index contributed by atoms with van der Waals surface area (Å²) in [5.74, 6) is 1.57. The van der Waals surface area contributed by atoms with Crippen LogP contribution in [0.1, 0.15) is 27.8 Å². The van der Waals surface area contributed by atoms with Gasteiger partial charge in [0.15, 0.2) is 11.5 Å². The van der Waals surface area contributed by atoms with E-state index in [0.29, 0.717) is 11.5 Å². The highest BCUT2D eigenvalue weighted by Gasteiger charge is 2.21. The lowest BCUT2D eigenvalue weighted by Crippen LogP contribution is -2.15. The number of aromatic hydroxyl groups is 3. The Labute approximate surface area is 200 Å². The number of benzene rings is 4. The Kier molecular flexibility index (Phi) is 6.12. The van der Waals surface area contributed by atoms with Crippen molar-refractivity contribution in [3.8, 4) is 28.7 Å². The Morgan fingerprint density at radius 3 is 1.53 bits per heavy atom. The fraction of sp³-hybridized carbons (Fsp3) is 0.172. The number of ether oxygens (including phenoxy) is 1. The minimum absolute atomic E-state index is 0.124. The Morgan fingerprint density at radius 2 is 1.06 bits per heavy atom. The molecule has 0 heterocycles. The first kappa shape index (κ1) is 23.1. The topological polar surface area (TPSA) is 73.2 Å². The number of rotatable bonds is 5. The molecule has 0 radical (unpaired) electrons. The maximum Gasteiger partial charge on any atom is 0.169 e. The molecule has 0 aliphatic rings. The van der Waals surface area contributed by atoms with Crippen molar-refractivity contribution in [2.45, 2.75) is 34.6 Å². The molecule has 0 spiro atoms. The SMILES string of the molecule is Cc1cccc(Oc2ccc(N(c3c(C)cc(O)cc3C)c3c(C)cc(O)cc3C)cc2)c1O. The van der Waals surface area contributed by atoms with E-state index in [0.717, 1.165) is 44.9 Å². The molecule has 4 aromatic carbocycles. The highest BCUT2D eigenvalue weighted by Crippen LogP contribution is 2.44. The van der Waals surface area contributed by atoms with Crippen LogP contribution in [0.2, 0.25) is 0 Å². The second-order valence-corrected chi connectivity index (χ2v) is 8.71. The van der Waals surface area contributed by atoms with Gasteiger partial charge in [-0.3, -0.25) is 0 Å². The van der Waals surface area contributed by atoms with Crippen molar-refractivity contribution >= 4 is 17.1 Å². The number of para-hydroxylation sites is 1. The highest BCUT2D eigenvalue weighted by atomic mass is 16.5. The minimum Gasteiger partial charge on any atom is -0.508 e. The van der Waals surface area contributed by atoms with Crippen LogP contribution >= 0.6 is 0 Å². The van der Waals surface area contributed by atoms with Crippen molar-refractivity contribution in [1.29, 1.82) is 0 Å². The number of anilines is 3. The largest absolute Gasteiger partial charge is 0.508 e. The van der Waals surface area contributed by atoms with Crippen LogP contribution in [0.25, 0.3) is 0 Å². The summed E-state index contributed by atoms with van der Waals surface area (Å²) in [6.07, 6.45) is 0. The molecule has 0 amide bonds. The second-order valence-electron chi connectivity index (χ2n) is 8.71. The van der Waals surface area contributed by atoms with Crippen LogP contribution in [0.4, 0.5) is 17.1 Å². The lowest BCUT2D eigenvalue weighted by Gasteiger charge is -2.31. The second kappa shape index (κ2) is 9.02. The van der Waals surface area contributed by atoms with E-state index in [1.54, 1.807) is 30.3 Å². The van der Waals surface area contributed by atoms with E-state index in [4.69, 9.17) is 4.74 Å². The van der Waals surface area contributed by atoms with Crippen molar-refractivity contribution in [3.05, 3.63) is 94.5 Å². The van der Waals surface area contributed by atoms with Gasteiger partial charge in [-0.15, -0.1) is 0 Å². The van der Waals surface area contributed by atoms with E-state index in [1.807, 2.05) is 71.0 Å². The smallest absolute Gasteiger partial charge is 0.169 e. The molecule has 4 rings (SSSR count). The average molecular weight is 456 g/mol. The van der Waals surface area contributed by atoms with Gasteiger partial charge >= 0.3 is 0 Å². The molecule has 0 saturated carbocycles. The zero-order chi connectivity index (χ0) is 24.6. The summed E-state index contributed by atoms with van der Waals surface area (Å²) in [5.41, 5.74) is 7.26. The van der Waals surface area contributed by atoms with E-state index in [1.165, 1.54) is 0 Å². The molecule has 0 unspecified atom stereocenters. The van der Waals surface area contributed by atoms with Crippen molar-refractivity contribution in [2.75, 3.05) is 4.90 Å². The summed E-state index contributed by atoms with van der Waals surface area (Å²) in [7, 11) is 0. The number of aryl methyl sites for hydroxylation is 5. The summed E-state index contributed by atoms with van der Waals surface area (Å²) in [4.78, 5) is 2.14. The van der Waals surface area contributed by atoms with E-state index < -0.39 is 0 Å². The first-order valence-corrected chi connectivity index (χ1v) is 11.1. The van der Waals surface area contributed by atoms with Crippen molar-refractivity contribution in [2.24, 2.45) is 0 Å². The molecule has 0 aliphatic carbocycles. The number of hydrogen-bond acceptors (Lipinski definition) is 5. The molecule has 5 nitrogen and oxygen atoms in total. The van der Waals surface area contributed by atoms with Crippen LogP contribution < -0.4 is 9.64 Å². The normalized spacial score (nSPS) is 10.9. The standard InChI is InChI=1S/C29H29NO4/c1-17-7-6-8-26(29(17)33)34-25-11-9-22(10-12-25)30(27-18(2)13-23(31)14-19(27)3)28-20(4)15-24(32)16-21(28)5/h6-16,31-33H,1-5H3. The molecule has 5 heteroatoms. The minimum atomic E-state index is 0.124. The number of hydrogen-bond donors (Lipinski definition) is 3. The summed E-state index contributed by atoms with van der Waals surface area (Å²) < 4.78 is 5.93. The Balaban J connectivity index is 1.83. The van der Waals surface area contributed by atoms with Gasteiger partial charge in [-0.2, -0.15) is 0 Å². The molecule has 0 bridgehead atoms. The van der Waals surface area contributed by atoms with Gasteiger partial charge in [0, 0.05) is 5.69 Å². The van der Waals surface area contributed by atoms with Gasteiger partial charge in [0.2, 0.25) is 0 Å². The third-order valence-corrected chi connectivity index (χ3v) is 5.92. The molecule has 174 valence electrons. The summed E-state index contributed by atoms with van der Waals surface area (Å²) in [6.45, 7) is 9.71. The molecule has 3 N–H and O–H groups in total. The number of phenolic OH excluding ortho intramolecular Hbond substituents is 3. The fourth-order valence-electron chi connectivity index (χ4n) is 4.45. The number of nitrogens with zero attached hydrogens (tertiary/aromatic N) is 1. The van der Waals surface area contributed by atoms with Crippen LogP contribution in [-0.4, -0.2) is 15.3 Å². The van der Waals surface area contributed by atoms with Gasteiger partial charge in [0.1, 0.15) is 17.2 Å². The van der Waals surface area contributed by atoms with Crippen LogP contribution in [0, 0.1) is 34.6 Å². The van der Waals surface area contributed by atoms with Crippen molar-refractivity contribution in [1.82, 2.24) is 0 Å². The summed E-state index contributed by atoms with van der Waals surface area (Å²) in [6, 6.07) is 20.0. The quantitative estimate of drug-likeness (QED) is 0.289. The van der Waals surface area contributed by atoms with Crippen LogP contribution in [0.3, 0.4) is 0 Å². The lowest BCUT2D eigenvalue weighted by atomic mass is 10.0. The summed E-state index contributed by atoms with van der Waals surface area (Å²) >= 11 is 0. The Morgan fingerprint density at radius 1 is 0.588 bits per heavy atom. The van der Waals surface area contributed by atoms with E-state index in [-0.39, 0.29) is 17.2 Å². The molecule has 34 heavy (non-hydrogen) atoms. The van der Waals surface area contributed by atoms with Gasteiger partial charge in [0.05, 0.1) is 11.4 Å². The maximum atomic E-state index is 10.3. The van der Waals surface area contributed by atoms with Gasteiger partial charge in [-0.25, -0.2) is 0 Å². The molecule has 0 aromatic heterocycles. The van der Waals surface area contributed by atoms with Gasteiger partial charge in [-0.1, -0.05) is 12.1 Å². The van der Waals surface area contributed by atoms with Crippen LogP contribution in [0.5, 0.6) is 28.7 Å². The Hall–Kier alpha value is -4.12. The van der Waals surface area contributed by atoms with E-state index in [9.17, 15) is 15.3 Å². The van der Waals surface area contributed by atoms with Crippen molar-refractivity contribution in [3.63, 3.8) is 0 Å². The van der Waals surface area contributed by atoms with Crippen molar-refractivity contribution < 1.29 is 20.1 Å². The van der Waals surface area contributed by atoms with E-state index >= 15 is 0 Å². The fourth-order valence-corrected chi connectivity index (χ4v) is 4.45. The zero-order valence-electron chi connectivity index (χ0n) is 20.0. The van der Waals surface area contributed by atoms with Gasteiger partial charge in [0.25, 0.3) is 0 Å². The monoisotopic (exact) mass is 455 g/mol. The van der Waals surface area contributed by atoms with E-state index in [2.05, 4.69) is 4.90 Å². The molecule has 4 aromatic rings. The Bertz CT molecular complexity index is 1260. The molecule has 0 atom stereocenters. The summed E-state index contributed by atoms with van der Waals surface area (Å²) in [5, 5.41) is 30.5. The zero-order valence-corrected chi connectivity index (χ0v) is 20.0. The van der Waals surface area contributed by atoms with Gasteiger partial charge < -0.3 is 25.0 Å².